The Bertz CT molecular complexity index is 740. The van der Waals surface area contributed by atoms with Gasteiger partial charge in [0.15, 0.2) is 5.82 Å². The number of rotatable bonds is 3. The molecule has 1 N–H and O–H groups in total. The molecule has 1 saturated heterocycles. The average molecular weight is 316 g/mol. The van der Waals surface area contributed by atoms with E-state index < -0.39 is 5.82 Å². The first-order chi connectivity index (χ1) is 10.9. The molecule has 1 atom stereocenters. The smallest absolute Gasteiger partial charge is 0.228 e. The average Bonchev–Trinajstić information content (AvgIpc) is 3.05. The number of hydrogen-bond acceptors (Lipinski definition) is 3. The van der Waals surface area contributed by atoms with Gasteiger partial charge in [-0.05, 0) is 58.1 Å². The Labute approximate surface area is 135 Å². The second-order valence-corrected chi connectivity index (χ2v) is 6.24. The van der Waals surface area contributed by atoms with Crippen molar-refractivity contribution in [2.45, 2.75) is 20.3 Å². The second-order valence-electron chi connectivity index (χ2n) is 6.24. The lowest BCUT2D eigenvalue weighted by Crippen LogP contribution is -2.25. The van der Waals surface area contributed by atoms with E-state index in [0.29, 0.717) is 11.4 Å². The number of hydrogen-bond donors (Lipinski definition) is 1. The number of halogens is 1. The van der Waals surface area contributed by atoms with Crippen molar-refractivity contribution >= 4 is 11.6 Å². The minimum absolute atomic E-state index is 0.0289. The van der Waals surface area contributed by atoms with Crippen molar-refractivity contribution in [2.75, 3.05) is 25.5 Å². The van der Waals surface area contributed by atoms with Gasteiger partial charge < -0.3 is 10.2 Å². The molecule has 1 aliphatic heterocycles. The number of likely N-dealkylation sites (tertiary alicyclic amines) is 1. The van der Waals surface area contributed by atoms with Crippen LogP contribution >= 0.6 is 0 Å². The van der Waals surface area contributed by atoms with Crippen LogP contribution in [-0.2, 0) is 4.79 Å². The molecule has 6 heteroatoms. The van der Waals surface area contributed by atoms with Crippen LogP contribution in [0, 0.1) is 25.6 Å². The molecule has 3 rings (SSSR count). The van der Waals surface area contributed by atoms with E-state index in [-0.39, 0.29) is 11.8 Å². The highest BCUT2D eigenvalue weighted by Gasteiger charge is 2.26. The first-order valence-electron chi connectivity index (χ1n) is 7.76. The van der Waals surface area contributed by atoms with E-state index in [4.69, 9.17) is 0 Å². The van der Waals surface area contributed by atoms with E-state index in [0.717, 1.165) is 30.9 Å². The van der Waals surface area contributed by atoms with E-state index in [2.05, 4.69) is 15.3 Å². The highest BCUT2D eigenvalue weighted by Crippen LogP contribution is 2.22. The molecular weight excluding hydrogens is 295 g/mol. The molecule has 2 aromatic rings. The fourth-order valence-corrected chi connectivity index (χ4v) is 3.02. The molecule has 0 saturated carbocycles. The zero-order chi connectivity index (χ0) is 16.6. The highest BCUT2D eigenvalue weighted by atomic mass is 19.1. The summed E-state index contributed by atoms with van der Waals surface area (Å²) in [5.74, 6) is -0.482. The van der Waals surface area contributed by atoms with Crippen molar-refractivity contribution in [2.24, 2.45) is 5.92 Å². The van der Waals surface area contributed by atoms with E-state index in [1.165, 1.54) is 6.07 Å². The Morgan fingerprint density at radius 2 is 2.13 bits per heavy atom. The van der Waals surface area contributed by atoms with Crippen LogP contribution in [0.3, 0.4) is 0 Å². The van der Waals surface area contributed by atoms with Gasteiger partial charge in [-0.25, -0.2) is 9.07 Å². The van der Waals surface area contributed by atoms with Crippen LogP contribution in [0.5, 0.6) is 0 Å². The zero-order valence-electron chi connectivity index (χ0n) is 13.6. The summed E-state index contributed by atoms with van der Waals surface area (Å²) in [6, 6.07) is 6.60. The van der Waals surface area contributed by atoms with Gasteiger partial charge in [0.05, 0.1) is 11.6 Å². The van der Waals surface area contributed by atoms with Gasteiger partial charge in [-0.3, -0.25) is 4.79 Å². The number of benzene rings is 1. The molecule has 0 bridgehead atoms. The summed E-state index contributed by atoms with van der Waals surface area (Å²) in [5, 5.41) is 7.10. The normalized spacial score (nSPS) is 18.3. The largest absolute Gasteiger partial charge is 0.326 e. The second kappa shape index (κ2) is 6.12. The molecule has 23 heavy (non-hydrogen) atoms. The summed E-state index contributed by atoms with van der Waals surface area (Å²) in [6.07, 6.45) is 0.842. The maximum absolute atomic E-state index is 14.4. The number of nitrogens with one attached hydrogen (secondary N) is 1. The molecule has 0 radical (unpaired) electrons. The molecular formula is C17H21FN4O. The molecule has 1 amide bonds. The summed E-state index contributed by atoms with van der Waals surface area (Å²) < 4.78 is 16.0. The summed E-state index contributed by atoms with van der Waals surface area (Å²) in [7, 11) is 2.00. The monoisotopic (exact) mass is 316 g/mol. The quantitative estimate of drug-likeness (QED) is 0.946. The molecule has 0 spiro atoms. The van der Waals surface area contributed by atoms with Crippen LogP contribution in [0.15, 0.2) is 24.3 Å². The van der Waals surface area contributed by atoms with Gasteiger partial charge in [0.2, 0.25) is 5.91 Å². The van der Waals surface area contributed by atoms with Crippen LogP contribution < -0.4 is 5.32 Å². The van der Waals surface area contributed by atoms with Gasteiger partial charge in [0.1, 0.15) is 5.69 Å². The van der Waals surface area contributed by atoms with Crippen LogP contribution in [-0.4, -0.2) is 40.7 Å². The fraction of sp³-hybridized carbons (Fsp3) is 0.412. The number of nitrogens with zero attached hydrogens (tertiary/aromatic N) is 3. The third-order valence-electron chi connectivity index (χ3n) is 4.22. The fourth-order valence-electron chi connectivity index (χ4n) is 3.02. The predicted molar refractivity (Wildman–Crippen MR) is 87.2 cm³/mol. The Morgan fingerprint density at radius 3 is 2.70 bits per heavy atom. The summed E-state index contributed by atoms with van der Waals surface area (Å²) in [4.78, 5) is 14.3. The molecule has 2 heterocycles. The number of carbonyl (C=O) groups is 1. The Balaban J connectivity index is 1.77. The van der Waals surface area contributed by atoms with Crippen molar-refractivity contribution in [3.8, 4) is 5.69 Å². The third-order valence-corrected chi connectivity index (χ3v) is 4.22. The lowest BCUT2D eigenvalue weighted by atomic mass is 10.1. The van der Waals surface area contributed by atoms with E-state index in [1.807, 2.05) is 27.0 Å². The summed E-state index contributed by atoms with van der Waals surface area (Å²) in [5.41, 5.74) is 2.57. The SMILES string of the molecule is Cc1cc(C)n(-c2ccc(NC(=O)C3CCN(C)C3)cc2F)n1. The van der Waals surface area contributed by atoms with Gasteiger partial charge in [0.25, 0.3) is 0 Å². The molecule has 1 unspecified atom stereocenters. The first-order valence-corrected chi connectivity index (χ1v) is 7.76. The van der Waals surface area contributed by atoms with E-state index in [9.17, 15) is 9.18 Å². The first kappa shape index (κ1) is 15.7. The maximum Gasteiger partial charge on any atom is 0.228 e. The summed E-state index contributed by atoms with van der Waals surface area (Å²) >= 11 is 0. The van der Waals surface area contributed by atoms with Crippen molar-refractivity contribution in [1.29, 1.82) is 0 Å². The van der Waals surface area contributed by atoms with Crippen LogP contribution in [0.1, 0.15) is 17.8 Å². The topological polar surface area (TPSA) is 50.2 Å². The number of aromatic nitrogens is 2. The van der Waals surface area contributed by atoms with Gasteiger partial charge in [0, 0.05) is 17.9 Å². The highest BCUT2D eigenvalue weighted by molar-refractivity contribution is 5.93. The van der Waals surface area contributed by atoms with Crippen LogP contribution in [0.2, 0.25) is 0 Å². The van der Waals surface area contributed by atoms with Gasteiger partial charge in [-0.1, -0.05) is 0 Å². The lowest BCUT2D eigenvalue weighted by Gasteiger charge is -2.12. The van der Waals surface area contributed by atoms with Gasteiger partial charge in [-0.15, -0.1) is 0 Å². The van der Waals surface area contributed by atoms with E-state index >= 15 is 0 Å². The molecule has 1 aromatic carbocycles. The lowest BCUT2D eigenvalue weighted by molar-refractivity contribution is -0.119. The van der Waals surface area contributed by atoms with E-state index in [1.54, 1.807) is 16.8 Å². The van der Waals surface area contributed by atoms with Gasteiger partial charge >= 0.3 is 0 Å². The molecule has 1 aromatic heterocycles. The van der Waals surface area contributed by atoms with Crippen molar-refractivity contribution in [1.82, 2.24) is 14.7 Å². The Hall–Kier alpha value is -2.21. The number of anilines is 1. The molecule has 1 aliphatic rings. The standard InChI is InChI=1S/C17H21FN4O/c1-11-8-12(2)22(20-11)16-5-4-14(9-15(16)18)19-17(23)13-6-7-21(3)10-13/h4-5,8-9,13H,6-7,10H2,1-3H3,(H,19,23). The van der Waals surface area contributed by atoms with Gasteiger partial charge in [-0.2, -0.15) is 5.10 Å². The molecule has 1 fully saturated rings. The maximum atomic E-state index is 14.4. The van der Waals surface area contributed by atoms with Crippen molar-refractivity contribution in [3.63, 3.8) is 0 Å². The molecule has 0 aliphatic carbocycles. The van der Waals surface area contributed by atoms with Crippen LogP contribution in [0.25, 0.3) is 5.69 Å². The van der Waals surface area contributed by atoms with Crippen molar-refractivity contribution in [3.05, 3.63) is 41.5 Å². The number of aryl methyl sites for hydroxylation is 2. The minimum Gasteiger partial charge on any atom is -0.326 e. The zero-order valence-corrected chi connectivity index (χ0v) is 13.6. The summed E-state index contributed by atoms with van der Waals surface area (Å²) in [6.45, 7) is 5.42. The van der Waals surface area contributed by atoms with Crippen molar-refractivity contribution < 1.29 is 9.18 Å². The predicted octanol–water partition coefficient (Wildman–Crippen LogP) is 2.52. The Morgan fingerprint density at radius 1 is 1.35 bits per heavy atom. The van der Waals surface area contributed by atoms with Crippen LogP contribution in [0.4, 0.5) is 10.1 Å². The third kappa shape index (κ3) is 3.27. The molecule has 122 valence electrons. The number of carbonyl (C=O) groups excluding carboxylic acids is 1. The Kier molecular flexibility index (Phi) is 4.17. The minimum atomic E-state index is -0.405. The molecule has 5 nitrogen and oxygen atoms in total. The number of amides is 1.